The number of amides is 1. The third-order valence-corrected chi connectivity index (χ3v) is 5.91. The van der Waals surface area contributed by atoms with Gasteiger partial charge in [-0.2, -0.15) is 5.10 Å². The molecule has 0 bridgehead atoms. The number of thioether (sulfide) groups is 1. The summed E-state index contributed by atoms with van der Waals surface area (Å²) in [4.78, 5) is 12.6. The van der Waals surface area contributed by atoms with Gasteiger partial charge in [0.25, 0.3) is 11.1 Å². The SMILES string of the molecule is Cc1nn(-c2ccccc2)c(C)c1NC(=O)CSc1nnc(C2COc3ccccc3O2)o1. The van der Waals surface area contributed by atoms with E-state index in [9.17, 15) is 4.79 Å². The molecule has 1 unspecified atom stereocenters. The summed E-state index contributed by atoms with van der Waals surface area (Å²) >= 11 is 1.16. The number of hydrogen-bond donors (Lipinski definition) is 1. The molecule has 0 radical (unpaired) electrons. The predicted octanol–water partition coefficient (Wildman–Crippen LogP) is 4.12. The van der Waals surface area contributed by atoms with E-state index in [0.717, 1.165) is 28.8 Å². The van der Waals surface area contributed by atoms with Crippen LogP contribution >= 0.6 is 11.8 Å². The van der Waals surface area contributed by atoms with E-state index in [1.807, 2.05) is 73.1 Å². The highest BCUT2D eigenvalue weighted by Gasteiger charge is 2.27. The smallest absolute Gasteiger partial charge is 0.277 e. The van der Waals surface area contributed by atoms with Crippen LogP contribution in [0.2, 0.25) is 0 Å². The summed E-state index contributed by atoms with van der Waals surface area (Å²) in [5.41, 5.74) is 3.22. The van der Waals surface area contributed by atoms with Crippen molar-refractivity contribution < 1.29 is 18.7 Å². The van der Waals surface area contributed by atoms with Gasteiger partial charge in [0.1, 0.15) is 6.61 Å². The molecule has 33 heavy (non-hydrogen) atoms. The first-order chi connectivity index (χ1) is 16.1. The molecule has 0 saturated carbocycles. The van der Waals surface area contributed by atoms with Gasteiger partial charge >= 0.3 is 0 Å². The molecule has 9 nitrogen and oxygen atoms in total. The first-order valence-electron chi connectivity index (χ1n) is 10.3. The normalized spacial score (nSPS) is 14.8. The predicted molar refractivity (Wildman–Crippen MR) is 122 cm³/mol. The van der Waals surface area contributed by atoms with Gasteiger partial charge in [-0.1, -0.05) is 42.1 Å². The van der Waals surface area contributed by atoms with Crippen molar-refractivity contribution in [1.29, 1.82) is 0 Å². The van der Waals surface area contributed by atoms with Crippen LogP contribution in [-0.4, -0.2) is 38.2 Å². The number of carbonyl (C=O) groups is 1. The Bertz CT molecular complexity index is 1290. The topological polar surface area (TPSA) is 104 Å². The highest BCUT2D eigenvalue weighted by atomic mass is 32.2. The summed E-state index contributed by atoms with van der Waals surface area (Å²) in [5.74, 6) is 1.54. The highest BCUT2D eigenvalue weighted by Crippen LogP contribution is 2.36. The average molecular weight is 464 g/mol. The standard InChI is InChI=1S/C23H21N5O4S/c1-14-21(15(2)28(27-14)16-8-4-3-5-9-16)24-20(29)13-33-23-26-25-22(32-23)19-12-30-17-10-6-7-11-18(17)31-19/h3-11,19H,12-13H2,1-2H3,(H,24,29). The Balaban J connectivity index is 1.20. The first kappa shape index (κ1) is 21.1. The van der Waals surface area contributed by atoms with Crippen LogP contribution < -0.4 is 14.8 Å². The summed E-state index contributed by atoms with van der Waals surface area (Å²) in [6.45, 7) is 4.06. The molecule has 4 aromatic rings. The molecule has 0 saturated heterocycles. The number of benzene rings is 2. The molecule has 1 aliphatic heterocycles. The number of carbonyl (C=O) groups excluding carboxylic acids is 1. The van der Waals surface area contributed by atoms with Crippen molar-refractivity contribution >= 4 is 23.4 Å². The van der Waals surface area contributed by atoms with Crippen LogP contribution in [-0.2, 0) is 4.79 Å². The molecule has 1 amide bonds. The Hall–Kier alpha value is -3.79. The van der Waals surface area contributed by atoms with Crippen molar-refractivity contribution in [2.75, 3.05) is 17.7 Å². The Morgan fingerprint density at radius 3 is 2.67 bits per heavy atom. The van der Waals surface area contributed by atoms with Gasteiger partial charge in [0.2, 0.25) is 12.0 Å². The van der Waals surface area contributed by atoms with Crippen LogP contribution in [0.1, 0.15) is 23.4 Å². The summed E-state index contributed by atoms with van der Waals surface area (Å²) in [7, 11) is 0. The molecule has 168 valence electrons. The Kier molecular flexibility index (Phi) is 5.74. The molecule has 3 heterocycles. The maximum absolute atomic E-state index is 12.6. The minimum atomic E-state index is -0.496. The highest BCUT2D eigenvalue weighted by molar-refractivity contribution is 7.99. The second-order valence-electron chi connectivity index (χ2n) is 7.40. The Morgan fingerprint density at radius 2 is 1.85 bits per heavy atom. The van der Waals surface area contributed by atoms with Crippen LogP contribution in [0.4, 0.5) is 5.69 Å². The minimum Gasteiger partial charge on any atom is -0.485 e. The number of fused-ring (bicyclic) bond motifs is 1. The van der Waals surface area contributed by atoms with E-state index in [2.05, 4.69) is 20.6 Å². The van der Waals surface area contributed by atoms with Crippen molar-refractivity contribution in [3.8, 4) is 17.2 Å². The van der Waals surface area contributed by atoms with Crippen LogP contribution in [0.15, 0.2) is 64.2 Å². The summed E-state index contributed by atoms with van der Waals surface area (Å²) < 4.78 is 19.1. The number of nitrogens with zero attached hydrogens (tertiary/aromatic N) is 4. The first-order valence-corrected chi connectivity index (χ1v) is 11.3. The Morgan fingerprint density at radius 1 is 1.09 bits per heavy atom. The lowest BCUT2D eigenvalue weighted by Gasteiger charge is -2.23. The summed E-state index contributed by atoms with van der Waals surface area (Å²) in [5, 5.41) is 15.9. The number of rotatable bonds is 6. The fraction of sp³-hybridized carbons (Fsp3) is 0.217. The minimum absolute atomic E-state index is 0.113. The monoisotopic (exact) mass is 463 g/mol. The van der Waals surface area contributed by atoms with Gasteiger partial charge < -0.3 is 19.2 Å². The zero-order valence-electron chi connectivity index (χ0n) is 18.0. The molecular formula is C23H21N5O4S. The number of aromatic nitrogens is 4. The molecule has 1 N–H and O–H groups in total. The molecular weight excluding hydrogens is 442 g/mol. The second-order valence-corrected chi connectivity index (χ2v) is 8.33. The zero-order chi connectivity index (χ0) is 22.8. The van der Waals surface area contributed by atoms with Crippen molar-refractivity contribution in [3.63, 3.8) is 0 Å². The summed E-state index contributed by atoms with van der Waals surface area (Å²) in [6.07, 6.45) is -0.496. The molecule has 1 aliphatic rings. The number of anilines is 1. The molecule has 2 aromatic heterocycles. The van der Waals surface area contributed by atoms with Crippen LogP contribution in [0.3, 0.4) is 0 Å². The van der Waals surface area contributed by atoms with Crippen molar-refractivity contribution in [3.05, 3.63) is 71.9 Å². The molecule has 0 fully saturated rings. The molecule has 2 aromatic carbocycles. The van der Waals surface area contributed by atoms with E-state index >= 15 is 0 Å². The lowest BCUT2D eigenvalue weighted by Crippen LogP contribution is -2.21. The Labute approximate surface area is 194 Å². The number of hydrogen-bond acceptors (Lipinski definition) is 8. The van der Waals surface area contributed by atoms with E-state index in [4.69, 9.17) is 13.9 Å². The van der Waals surface area contributed by atoms with E-state index < -0.39 is 6.10 Å². The summed E-state index contributed by atoms with van der Waals surface area (Å²) in [6, 6.07) is 17.2. The second kappa shape index (κ2) is 8.99. The van der Waals surface area contributed by atoms with Gasteiger partial charge in [-0.05, 0) is 38.1 Å². The number of ether oxygens (including phenoxy) is 2. The molecule has 0 spiro atoms. The fourth-order valence-corrected chi connectivity index (χ4v) is 4.07. The van der Waals surface area contributed by atoms with Crippen LogP contribution in [0, 0.1) is 13.8 Å². The lowest BCUT2D eigenvalue weighted by atomic mass is 10.2. The maximum Gasteiger partial charge on any atom is 0.277 e. The van der Waals surface area contributed by atoms with Crippen LogP contribution in [0.25, 0.3) is 5.69 Å². The zero-order valence-corrected chi connectivity index (χ0v) is 18.8. The molecule has 0 aliphatic carbocycles. The van der Waals surface area contributed by atoms with Crippen molar-refractivity contribution in [2.24, 2.45) is 0 Å². The van der Waals surface area contributed by atoms with E-state index in [-0.39, 0.29) is 23.5 Å². The van der Waals surface area contributed by atoms with Gasteiger partial charge in [-0.3, -0.25) is 4.79 Å². The van der Waals surface area contributed by atoms with Crippen LogP contribution in [0.5, 0.6) is 11.5 Å². The maximum atomic E-state index is 12.6. The van der Waals surface area contributed by atoms with E-state index in [1.165, 1.54) is 0 Å². The quantitative estimate of drug-likeness (QED) is 0.426. The van der Waals surface area contributed by atoms with Gasteiger partial charge in [0.05, 0.1) is 28.5 Å². The fourth-order valence-electron chi connectivity index (χ4n) is 3.50. The number of para-hydroxylation sites is 3. The molecule has 1 atom stereocenters. The number of aryl methyl sites for hydroxylation is 1. The van der Waals surface area contributed by atoms with Crippen molar-refractivity contribution in [2.45, 2.75) is 25.2 Å². The molecule has 10 heteroatoms. The third kappa shape index (κ3) is 4.42. The molecule has 5 rings (SSSR count). The van der Waals surface area contributed by atoms with Gasteiger partial charge in [-0.25, -0.2) is 4.68 Å². The average Bonchev–Trinajstić information content (AvgIpc) is 3.43. The third-order valence-electron chi connectivity index (χ3n) is 5.09. The van der Waals surface area contributed by atoms with E-state index in [0.29, 0.717) is 23.1 Å². The number of nitrogens with one attached hydrogen (secondary N) is 1. The lowest BCUT2D eigenvalue weighted by molar-refractivity contribution is -0.113. The van der Waals surface area contributed by atoms with Gasteiger partial charge in [0, 0.05) is 0 Å². The van der Waals surface area contributed by atoms with E-state index in [1.54, 1.807) is 0 Å². The van der Waals surface area contributed by atoms with Crippen molar-refractivity contribution in [1.82, 2.24) is 20.0 Å². The van der Waals surface area contributed by atoms with Gasteiger partial charge in [0.15, 0.2) is 11.5 Å². The largest absolute Gasteiger partial charge is 0.485 e. The van der Waals surface area contributed by atoms with Gasteiger partial charge in [-0.15, -0.1) is 10.2 Å².